The Morgan fingerprint density at radius 2 is 1.85 bits per heavy atom. The van der Waals surface area contributed by atoms with Crippen LogP contribution in [-0.2, 0) is 17.8 Å². The second-order valence-corrected chi connectivity index (χ2v) is 7.73. The first-order chi connectivity index (χ1) is 12.9. The van der Waals surface area contributed by atoms with Gasteiger partial charge in [-0.1, -0.05) is 35.1 Å². The lowest BCUT2D eigenvalue weighted by Crippen LogP contribution is -2.17. The van der Waals surface area contributed by atoms with Gasteiger partial charge in [0.1, 0.15) is 11.3 Å². The van der Waals surface area contributed by atoms with Crippen molar-refractivity contribution < 1.29 is 9.53 Å². The number of nitrogens with zero attached hydrogens (tertiary/aromatic N) is 2. The average Bonchev–Trinajstić information content (AvgIpc) is 2.96. The van der Waals surface area contributed by atoms with E-state index < -0.39 is 0 Å². The quantitative estimate of drug-likeness (QED) is 0.641. The number of amides is 1. The molecule has 0 spiro atoms. The molecule has 0 unspecified atom stereocenters. The number of carbonyl (C=O) groups is 1. The first-order valence-corrected chi connectivity index (χ1v) is 10.2. The Labute approximate surface area is 164 Å². The molecule has 2 aromatic carbocycles. The Morgan fingerprint density at radius 3 is 2.48 bits per heavy atom. The van der Waals surface area contributed by atoms with Gasteiger partial charge < -0.3 is 9.30 Å². The van der Waals surface area contributed by atoms with E-state index in [1.54, 1.807) is 0 Å². The maximum atomic E-state index is 12.7. The zero-order valence-corrected chi connectivity index (χ0v) is 17.4. The summed E-state index contributed by atoms with van der Waals surface area (Å²) in [5.74, 6) is 0.726. The van der Waals surface area contributed by atoms with Crippen molar-refractivity contribution in [3.63, 3.8) is 0 Å². The molecule has 3 rings (SSSR count). The van der Waals surface area contributed by atoms with Crippen molar-refractivity contribution in [3.05, 3.63) is 57.4 Å². The predicted molar refractivity (Wildman–Crippen MR) is 112 cm³/mol. The summed E-state index contributed by atoms with van der Waals surface area (Å²) >= 11 is 1.53. The fourth-order valence-electron chi connectivity index (χ4n) is 3.53. The lowest BCUT2D eigenvalue weighted by atomic mass is 9.97. The summed E-state index contributed by atoms with van der Waals surface area (Å²) in [6, 6.07) is 10.2. The van der Waals surface area contributed by atoms with Crippen LogP contribution in [0.4, 0.5) is 0 Å². The van der Waals surface area contributed by atoms with E-state index in [1.807, 2.05) is 25.1 Å². The zero-order chi connectivity index (χ0) is 19.6. The lowest BCUT2D eigenvalue weighted by molar-refractivity contribution is -0.117. The van der Waals surface area contributed by atoms with Gasteiger partial charge in [0.15, 0.2) is 4.80 Å². The number of thiazole rings is 1. The Morgan fingerprint density at radius 1 is 1.15 bits per heavy atom. The normalized spacial score (nSPS) is 12.0. The van der Waals surface area contributed by atoms with Crippen LogP contribution in [0, 0.1) is 20.8 Å². The summed E-state index contributed by atoms with van der Waals surface area (Å²) < 4.78 is 8.93. The molecule has 0 aliphatic heterocycles. The number of ether oxygens (including phenoxy) is 1. The van der Waals surface area contributed by atoms with Crippen LogP contribution < -0.4 is 9.54 Å². The second-order valence-electron chi connectivity index (χ2n) is 6.72. The Hall–Kier alpha value is -2.40. The Bertz CT molecular complexity index is 1040. The lowest BCUT2D eigenvalue weighted by Gasteiger charge is -2.09. The minimum Gasteiger partial charge on any atom is -0.492 e. The molecule has 0 aliphatic carbocycles. The number of hydrogen-bond acceptors (Lipinski definition) is 3. The molecule has 0 N–H and O–H groups in total. The van der Waals surface area contributed by atoms with Gasteiger partial charge in [-0.15, -0.1) is 0 Å². The van der Waals surface area contributed by atoms with Gasteiger partial charge in [0.2, 0.25) is 0 Å². The van der Waals surface area contributed by atoms with Crippen molar-refractivity contribution >= 4 is 27.5 Å². The molecule has 0 bridgehead atoms. The van der Waals surface area contributed by atoms with Gasteiger partial charge in [0.05, 0.1) is 17.7 Å². The number of hydrogen-bond donors (Lipinski definition) is 0. The van der Waals surface area contributed by atoms with Crippen LogP contribution in [0.5, 0.6) is 5.75 Å². The van der Waals surface area contributed by atoms with Crippen molar-refractivity contribution in [2.75, 3.05) is 6.61 Å². The van der Waals surface area contributed by atoms with Crippen LogP contribution in [0.3, 0.4) is 0 Å². The minimum absolute atomic E-state index is 0.114. The topological polar surface area (TPSA) is 43.6 Å². The molecule has 5 heteroatoms. The Balaban J connectivity index is 2.03. The van der Waals surface area contributed by atoms with Crippen molar-refractivity contribution in [1.82, 2.24) is 4.57 Å². The predicted octanol–water partition coefficient (Wildman–Crippen LogP) is 4.72. The molecule has 0 fully saturated rings. The van der Waals surface area contributed by atoms with E-state index in [1.165, 1.54) is 16.9 Å². The molecule has 1 amide bonds. The highest BCUT2D eigenvalue weighted by molar-refractivity contribution is 7.16. The molecule has 1 aromatic heterocycles. The third kappa shape index (κ3) is 3.98. The van der Waals surface area contributed by atoms with Gasteiger partial charge in [0.25, 0.3) is 5.91 Å². The van der Waals surface area contributed by atoms with Crippen molar-refractivity contribution in [3.8, 4) is 5.75 Å². The molecule has 142 valence electrons. The highest BCUT2D eigenvalue weighted by atomic mass is 32.1. The molecule has 0 saturated heterocycles. The van der Waals surface area contributed by atoms with E-state index in [4.69, 9.17) is 4.74 Å². The molecule has 0 radical (unpaired) electrons. The number of carbonyl (C=O) groups excluding carboxylic acids is 1. The number of fused-ring (bicyclic) bond motifs is 1. The summed E-state index contributed by atoms with van der Waals surface area (Å²) in [6.45, 7) is 11.6. The summed E-state index contributed by atoms with van der Waals surface area (Å²) in [5.41, 5.74) is 5.60. The van der Waals surface area contributed by atoms with Gasteiger partial charge in [0, 0.05) is 6.54 Å². The maximum Gasteiger partial charge on any atom is 0.252 e. The number of aryl methyl sites for hydroxylation is 4. The highest BCUT2D eigenvalue weighted by Crippen LogP contribution is 2.27. The van der Waals surface area contributed by atoms with Crippen LogP contribution in [0.25, 0.3) is 10.2 Å². The summed E-state index contributed by atoms with van der Waals surface area (Å²) in [6.07, 6.45) is 0.328. The highest BCUT2D eigenvalue weighted by Gasteiger charge is 2.13. The summed E-state index contributed by atoms with van der Waals surface area (Å²) in [7, 11) is 0. The van der Waals surface area contributed by atoms with E-state index in [0.29, 0.717) is 13.0 Å². The third-order valence-electron chi connectivity index (χ3n) is 4.67. The van der Waals surface area contributed by atoms with Crippen LogP contribution in [-0.4, -0.2) is 17.1 Å². The monoisotopic (exact) mass is 382 g/mol. The van der Waals surface area contributed by atoms with Crippen LogP contribution in [0.2, 0.25) is 0 Å². The van der Waals surface area contributed by atoms with E-state index in [0.717, 1.165) is 44.0 Å². The van der Waals surface area contributed by atoms with Crippen molar-refractivity contribution in [1.29, 1.82) is 0 Å². The first kappa shape index (κ1) is 19.4. The molecule has 0 saturated carbocycles. The van der Waals surface area contributed by atoms with Gasteiger partial charge >= 0.3 is 0 Å². The van der Waals surface area contributed by atoms with E-state index >= 15 is 0 Å². The molecule has 0 atom stereocenters. The van der Waals surface area contributed by atoms with Crippen molar-refractivity contribution in [2.45, 2.75) is 47.6 Å². The molecule has 3 aromatic rings. The number of rotatable bonds is 5. The van der Waals surface area contributed by atoms with Crippen molar-refractivity contribution in [2.24, 2.45) is 4.99 Å². The van der Waals surface area contributed by atoms with Gasteiger partial charge in [-0.2, -0.15) is 4.99 Å². The maximum absolute atomic E-state index is 12.7. The molecule has 27 heavy (non-hydrogen) atoms. The largest absolute Gasteiger partial charge is 0.492 e. The second kappa shape index (κ2) is 8.09. The molecule has 1 heterocycles. The summed E-state index contributed by atoms with van der Waals surface area (Å²) in [5, 5.41) is 0. The molecular formula is C22H26N2O2S. The molecule has 0 aliphatic rings. The fraction of sp³-hybridized carbons (Fsp3) is 0.364. The van der Waals surface area contributed by atoms with Gasteiger partial charge in [-0.3, -0.25) is 4.79 Å². The molecular weight excluding hydrogens is 356 g/mol. The fourth-order valence-corrected chi connectivity index (χ4v) is 4.66. The Kier molecular flexibility index (Phi) is 5.80. The molecule has 4 nitrogen and oxygen atoms in total. The zero-order valence-electron chi connectivity index (χ0n) is 16.6. The van der Waals surface area contributed by atoms with E-state index in [2.05, 4.69) is 49.4 Å². The van der Waals surface area contributed by atoms with E-state index in [9.17, 15) is 4.79 Å². The summed E-state index contributed by atoms with van der Waals surface area (Å²) in [4.78, 5) is 17.9. The van der Waals surface area contributed by atoms with Gasteiger partial charge in [-0.25, -0.2) is 0 Å². The van der Waals surface area contributed by atoms with Crippen LogP contribution >= 0.6 is 11.3 Å². The van der Waals surface area contributed by atoms with Crippen LogP contribution in [0.1, 0.15) is 36.1 Å². The smallest absolute Gasteiger partial charge is 0.252 e. The van der Waals surface area contributed by atoms with Gasteiger partial charge in [-0.05, 0) is 63.4 Å². The first-order valence-electron chi connectivity index (χ1n) is 9.34. The number of para-hydroxylation sites is 1. The standard InChI is InChI=1S/C22H26N2O2S/c1-6-24-21-18(26-7-2)9-8-10-19(21)27-22(24)23-20(25)13-17-15(4)11-14(3)12-16(17)5/h8-12H,6-7,13H2,1-5H3. The number of aromatic nitrogens is 1. The third-order valence-corrected chi connectivity index (χ3v) is 5.71. The average molecular weight is 383 g/mol. The van der Waals surface area contributed by atoms with E-state index in [-0.39, 0.29) is 5.91 Å². The number of benzene rings is 2. The minimum atomic E-state index is -0.114. The van der Waals surface area contributed by atoms with Crippen LogP contribution in [0.15, 0.2) is 35.3 Å². The SMILES string of the molecule is CCOc1cccc2sc(=NC(=O)Cc3c(C)cc(C)cc3C)n(CC)c12.